The van der Waals surface area contributed by atoms with E-state index < -0.39 is 0 Å². The van der Waals surface area contributed by atoms with E-state index >= 15 is 0 Å². The number of hydrogen-bond acceptors (Lipinski definition) is 5. The first-order valence-corrected chi connectivity index (χ1v) is 6.11. The summed E-state index contributed by atoms with van der Waals surface area (Å²) in [6, 6.07) is 5.25. The molecule has 0 spiro atoms. The molecule has 1 aromatic heterocycles. The van der Waals surface area contributed by atoms with Gasteiger partial charge in [-0.05, 0) is 18.2 Å². The molecule has 3 N–H and O–H groups in total. The van der Waals surface area contributed by atoms with Gasteiger partial charge in [-0.1, -0.05) is 23.8 Å². The molecule has 0 atom stereocenters. The van der Waals surface area contributed by atoms with E-state index in [1.54, 1.807) is 25.3 Å². The van der Waals surface area contributed by atoms with Crippen molar-refractivity contribution in [3.8, 4) is 5.75 Å². The second-order valence-corrected chi connectivity index (χ2v) is 4.50. The van der Waals surface area contributed by atoms with Crippen molar-refractivity contribution in [3.63, 3.8) is 0 Å². The predicted octanol–water partition coefficient (Wildman–Crippen LogP) is 2.52. The van der Waals surface area contributed by atoms with Crippen LogP contribution in [0.1, 0.15) is 5.69 Å². The first-order valence-electron chi connectivity index (χ1n) is 5.32. The zero-order valence-corrected chi connectivity index (χ0v) is 11.6. The maximum atomic E-state index is 5.94. The second kappa shape index (κ2) is 5.81. The minimum Gasteiger partial charge on any atom is -0.495 e. The topological polar surface area (TPSA) is 73.1 Å². The number of thiocarbonyl (C=S) groups is 1. The second-order valence-electron chi connectivity index (χ2n) is 3.62. The highest BCUT2D eigenvalue weighted by Crippen LogP contribution is 2.29. The lowest BCUT2D eigenvalue weighted by Crippen LogP contribution is -2.12. The molecule has 0 unspecified atom stereocenters. The Labute approximate surface area is 120 Å². The molecule has 0 aliphatic carbocycles. The lowest BCUT2D eigenvalue weighted by molar-refractivity contribution is 0.417. The molecule has 0 fully saturated rings. The standard InChI is InChI=1S/C12H11ClN4OS/c1-18-10-3-2-7(13)4-8(10)17-11-6-15-9(5-16-11)12(14)19/h2-6H,1H3,(H2,14,19)(H,16,17). The molecule has 1 aromatic carbocycles. The monoisotopic (exact) mass is 294 g/mol. The number of ether oxygens (including phenoxy) is 1. The number of nitrogens with zero attached hydrogens (tertiary/aromatic N) is 2. The summed E-state index contributed by atoms with van der Waals surface area (Å²) >= 11 is 10.8. The number of benzene rings is 1. The summed E-state index contributed by atoms with van der Waals surface area (Å²) in [4.78, 5) is 8.46. The summed E-state index contributed by atoms with van der Waals surface area (Å²) in [6.45, 7) is 0. The Morgan fingerprint density at radius 1 is 1.37 bits per heavy atom. The molecule has 98 valence electrons. The number of rotatable bonds is 4. The fraction of sp³-hybridized carbons (Fsp3) is 0.0833. The molecule has 0 saturated carbocycles. The summed E-state index contributed by atoms with van der Waals surface area (Å²) in [7, 11) is 1.58. The molecule has 0 aliphatic heterocycles. The van der Waals surface area contributed by atoms with Crippen LogP contribution in [0.25, 0.3) is 0 Å². The van der Waals surface area contributed by atoms with Gasteiger partial charge in [0, 0.05) is 5.02 Å². The van der Waals surface area contributed by atoms with Crippen LogP contribution in [0, 0.1) is 0 Å². The Kier molecular flexibility index (Phi) is 4.13. The first kappa shape index (κ1) is 13.5. The number of anilines is 2. The lowest BCUT2D eigenvalue weighted by atomic mass is 10.3. The third kappa shape index (κ3) is 3.30. The Morgan fingerprint density at radius 3 is 2.74 bits per heavy atom. The summed E-state index contributed by atoms with van der Waals surface area (Å²) in [5, 5.41) is 3.66. The minimum absolute atomic E-state index is 0.208. The van der Waals surface area contributed by atoms with Crippen molar-refractivity contribution in [2.24, 2.45) is 5.73 Å². The van der Waals surface area contributed by atoms with Gasteiger partial charge in [0.1, 0.15) is 22.2 Å². The number of methoxy groups -OCH3 is 1. The van der Waals surface area contributed by atoms with Gasteiger partial charge in [-0.3, -0.25) is 0 Å². The molecule has 5 nitrogen and oxygen atoms in total. The van der Waals surface area contributed by atoms with E-state index in [-0.39, 0.29) is 4.99 Å². The first-order chi connectivity index (χ1) is 9.10. The quantitative estimate of drug-likeness (QED) is 0.844. The van der Waals surface area contributed by atoms with Crippen LogP contribution in [0.2, 0.25) is 5.02 Å². The largest absolute Gasteiger partial charge is 0.495 e. The summed E-state index contributed by atoms with van der Waals surface area (Å²) in [5.74, 6) is 1.20. The van der Waals surface area contributed by atoms with Crippen molar-refractivity contribution < 1.29 is 4.74 Å². The Morgan fingerprint density at radius 2 is 2.16 bits per heavy atom. The molecule has 7 heteroatoms. The van der Waals surface area contributed by atoms with Gasteiger partial charge in [-0.2, -0.15) is 0 Å². The summed E-state index contributed by atoms with van der Waals surface area (Å²) in [6.07, 6.45) is 3.04. The fourth-order valence-corrected chi connectivity index (χ4v) is 1.71. The number of hydrogen-bond donors (Lipinski definition) is 2. The third-order valence-corrected chi connectivity index (χ3v) is 2.77. The molecule has 0 amide bonds. The van der Waals surface area contributed by atoms with Gasteiger partial charge >= 0.3 is 0 Å². The van der Waals surface area contributed by atoms with Crippen molar-refractivity contribution in [2.75, 3.05) is 12.4 Å². The number of aromatic nitrogens is 2. The van der Waals surface area contributed by atoms with Crippen LogP contribution in [0.3, 0.4) is 0 Å². The van der Waals surface area contributed by atoms with E-state index in [4.69, 9.17) is 34.3 Å². The fourth-order valence-electron chi connectivity index (χ4n) is 1.44. The Balaban J connectivity index is 2.25. The third-order valence-electron chi connectivity index (χ3n) is 2.33. The van der Waals surface area contributed by atoms with Gasteiger partial charge < -0.3 is 15.8 Å². The molecular weight excluding hydrogens is 284 g/mol. The van der Waals surface area contributed by atoms with E-state index in [2.05, 4.69) is 15.3 Å². The van der Waals surface area contributed by atoms with E-state index in [0.29, 0.717) is 28.0 Å². The van der Waals surface area contributed by atoms with Crippen LogP contribution in [-0.4, -0.2) is 22.1 Å². The summed E-state index contributed by atoms with van der Waals surface area (Å²) < 4.78 is 5.22. The minimum atomic E-state index is 0.208. The molecular formula is C12H11ClN4OS. The molecule has 2 aromatic rings. The van der Waals surface area contributed by atoms with Crippen molar-refractivity contribution in [3.05, 3.63) is 41.3 Å². The van der Waals surface area contributed by atoms with Gasteiger partial charge in [0.25, 0.3) is 0 Å². The summed E-state index contributed by atoms with van der Waals surface area (Å²) in [5.41, 5.74) is 6.63. The Bertz CT molecular complexity index is 603. The normalized spacial score (nSPS) is 10.0. The van der Waals surface area contributed by atoms with E-state index in [1.165, 1.54) is 12.4 Å². The van der Waals surface area contributed by atoms with Crippen molar-refractivity contribution >= 4 is 40.3 Å². The van der Waals surface area contributed by atoms with Crippen LogP contribution in [-0.2, 0) is 0 Å². The maximum Gasteiger partial charge on any atom is 0.149 e. The van der Waals surface area contributed by atoms with Crippen LogP contribution in [0.5, 0.6) is 5.75 Å². The van der Waals surface area contributed by atoms with Crippen LogP contribution < -0.4 is 15.8 Å². The molecule has 1 heterocycles. The van der Waals surface area contributed by atoms with Crippen molar-refractivity contribution in [1.82, 2.24) is 9.97 Å². The SMILES string of the molecule is COc1ccc(Cl)cc1Nc1cnc(C(N)=S)cn1. The molecule has 0 bridgehead atoms. The van der Waals surface area contributed by atoms with Gasteiger partial charge in [0.15, 0.2) is 0 Å². The molecule has 0 saturated heterocycles. The van der Waals surface area contributed by atoms with Crippen LogP contribution >= 0.6 is 23.8 Å². The highest BCUT2D eigenvalue weighted by molar-refractivity contribution is 7.80. The van der Waals surface area contributed by atoms with Crippen LogP contribution in [0.15, 0.2) is 30.6 Å². The van der Waals surface area contributed by atoms with Gasteiger partial charge in [0.05, 0.1) is 25.2 Å². The molecule has 0 radical (unpaired) electrons. The highest BCUT2D eigenvalue weighted by Gasteiger charge is 2.06. The van der Waals surface area contributed by atoms with Crippen molar-refractivity contribution in [1.29, 1.82) is 0 Å². The van der Waals surface area contributed by atoms with Gasteiger partial charge in [-0.25, -0.2) is 9.97 Å². The average Bonchev–Trinajstić information content (AvgIpc) is 2.39. The predicted molar refractivity (Wildman–Crippen MR) is 79.2 cm³/mol. The number of nitrogens with two attached hydrogens (primary N) is 1. The van der Waals surface area contributed by atoms with E-state index in [0.717, 1.165) is 0 Å². The van der Waals surface area contributed by atoms with E-state index in [9.17, 15) is 0 Å². The molecule has 2 rings (SSSR count). The number of nitrogens with one attached hydrogen (secondary N) is 1. The average molecular weight is 295 g/mol. The number of halogens is 1. The smallest absolute Gasteiger partial charge is 0.149 e. The van der Waals surface area contributed by atoms with Crippen molar-refractivity contribution in [2.45, 2.75) is 0 Å². The van der Waals surface area contributed by atoms with E-state index in [1.807, 2.05) is 0 Å². The highest BCUT2D eigenvalue weighted by atomic mass is 35.5. The van der Waals surface area contributed by atoms with Gasteiger partial charge in [0.2, 0.25) is 0 Å². The van der Waals surface area contributed by atoms with Gasteiger partial charge in [-0.15, -0.1) is 0 Å². The molecule has 19 heavy (non-hydrogen) atoms. The zero-order chi connectivity index (χ0) is 13.8. The van der Waals surface area contributed by atoms with Crippen LogP contribution in [0.4, 0.5) is 11.5 Å². The lowest BCUT2D eigenvalue weighted by Gasteiger charge is -2.10. The Hall–Kier alpha value is -1.92. The zero-order valence-electron chi connectivity index (χ0n) is 10.1. The maximum absolute atomic E-state index is 5.94. The molecule has 0 aliphatic rings.